The fourth-order valence-corrected chi connectivity index (χ4v) is 3.15. The van der Waals surface area contributed by atoms with Gasteiger partial charge in [-0.1, -0.05) is 72.8 Å². The van der Waals surface area contributed by atoms with Crippen molar-refractivity contribution in [3.05, 3.63) is 97.1 Å². The normalized spacial score (nSPS) is 13.1. The van der Waals surface area contributed by atoms with E-state index in [1.165, 1.54) is 0 Å². The first-order valence-electron chi connectivity index (χ1n) is 10.8. The maximum atomic E-state index is 12.9. The van der Waals surface area contributed by atoms with Gasteiger partial charge in [0.25, 0.3) is 0 Å². The van der Waals surface area contributed by atoms with Crippen LogP contribution in [0.25, 0.3) is 0 Å². The van der Waals surface area contributed by atoms with E-state index in [2.05, 4.69) is 13.2 Å². The zero-order valence-corrected chi connectivity index (χ0v) is 19.4. The van der Waals surface area contributed by atoms with Crippen molar-refractivity contribution in [1.29, 1.82) is 0 Å². The molecule has 0 saturated carbocycles. The van der Waals surface area contributed by atoms with E-state index in [0.29, 0.717) is 19.8 Å². The topological polar surface area (TPSA) is 48.0 Å². The molecule has 32 heavy (non-hydrogen) atoms. The molecule has 0 bridgehead atoms. The molecule has 0 aliphatic carbocycles. The first kappa shape index (κ1) is 25.4. The van der Waals surface area contributed by atoms with Crippen LogP contribution < -0.4 is 0 Å². The number of benzene rings is 2. The number of nitrogens with zero attached hydrogens (tertiary/aromatic N) is 1. The molecule has 0 aromatic heterocycles. The van der Waals surface area contributed by atoms with E-state index in [1.54, 1.807) is 17.1 Å². The molecule has 0 aliphatic heterocycles. The van der Waals surface area contributed by atoms with Crippen molar-refractivity contribution in [3.63, 3.8) is 0 Å². The van der Waals surface area contributed by atoms with Gasteiger partial charge in [-0.2, -0.15) is 0 Å². The molecule has 2 atom stereocenters. The minimum Gasteiger partial charge on any atom is -0.444 e. The Hall–Kier alpha value is -2.89. The lowest BCUT2D eigenvalue weighted by Crippen LogP contribution is -2.50. The number of carbonyl (C=O) groups excluding carboxylic acids is 1. The van der Waals surface area contributed by atoms with Crippen LogP contribution in [0.4, 0.5) is 4.79 Å². The number of carbonyl (C=O) groups is 1. The predicted octanol–water partition coefficient (Wildman–Crippen LogP) is 5.77. The Morgan fingerprint density at radius 2 is 1.53 bits per heavy atom. The van der Waals surface area contributed by atoms with Crippen LogP contribution in [0.5, 0.6) is 0 Å². The largest absolute Gasteiger partial charge is 0.444 e. The fourth-order valence-electron chi connectivity index (χ4n) is 3.15. The quantitative estimate of drug-likeness (QED) is 0.396. The summed E-state index contributed by atoms with van der Waals surface area (Å²) in [6.07, 6.45) is 2.48. The highest BCUT2D eigenvalue weighted by molar-refractivity contribution is 5.69. The summed E-state index contributed by atoms with van der Waals surface area (Å²) in [4.78, 5) is 14.5. The van der Waals surface area contributed by atoms with Crippen LogP contribution in [0.3, 0.4) is 0 Å². The van der Waals surface area contributed by atoms with Crippen LogP contribution in [0.1, 0.15) is 31.9 Å². The maximum Gasteiger partial charge on any atom is 0.411 e. The molecule has 0 fully saturated rings. The molecule has 1 amide bonds. The molecule has 0 spiro atoms. The molecular weight excluding hydrogens is 402 g/mol. The van der Waals surface area contributed by atoms with Crippen LogP contribution in [0.2, 0.25) is 0 Å². The zero-order valence-electron chi connectivity index (χ0n) is 19.4. The van der Waals surface area contributed by atoms with Gasteiger partial charge in [0, 0.05) is 6.54 Å². The minimum atomic E-state index is -0.619. The average Bonchev–Trinajstić information content (AvgIpc) is 2.77. The van der Waals surface area contributed by atoms with Crippen LogP contribution in [0.15, 0.2) is 86.0 Å². The van der Waals surface area contributed by atoms with Gasteiger partial charge in [-0.25, -0.2) is 4.79 Å². The Balaban J connectivity index is 2.17. The predicted molar refractivity (Wildman–Crippen MR) is 128 cm³/mol. The molecule has 0 aliphatic rings. The molecule has 5 nitrogen and oxygen atoms in total. The lowest BCUT2D eigenvalue weighted by molar-refractivity contribution is -0.0632. The molecule has 2 aromatic carbocycles. The first-order chi connectivity index (χ1) is 15.3. The van der Waals surface area contributed by atoms with Crippen molar-refractivity contribution in [2.45, 2.75) is 51.7 Å². The lowest BCUT2D eigenvalue weighted by atomic mass is 10.1. The standard InChI is InChI=1S/C27H35NO4/c1-6-18-28(26(29)32-27(3,4)5)24(7-2)25(31-20-23-16-12-9-13-17-23)21-30-19-22-14-10-8-11-15-22/h6-17,24-25H,1-2,18-21H2,3-5H3/t24-,25-/m1/s1. The third-order valence-electron chi connectivity index (χ3n) is 4.64. The van der Waals surface area contributed by atoms with Crippen molar-refractivity contribution < 1.29 is 19.0 Å². The van der Waals surface area contributed by atoms with Gasteiger partial charge < -0.3 is 14.2 Å². The lowest BCUT2D eigenvalue weighted by Gasteiger charge is -2.35. The van der Waals surface area contributed by atoms with Crippen molar-refractivity contribution in [1.82, 2.24) is 4.90 Å². The summed E-state index contributed by atoms with van der Waals surface area (Å²) in [5.41, 5.74) is 1.49. The summed E-state index contributed by atoms with van der Waals surface area (Å²) in [6.45, 7) is 14.7. The SMILES string of the molecule is C=CCN(C(=O)OC(C)(C)C)[C@H](C=C)[C@@H](COCc1ccccc1)OCc1ccccc1. The third-order valence-corrected chi connectivity index (χ3v) is 4.64. The molecule has 5 heteroatoms. The molecule has 2 aromatic rings. The Labute approximate surface area is 192 Å². The second-order valence-corrected chi connectivity index (χ2v) is 8.48. The third kappa shape index (κ3) is 8.69. The van der Waals surface area contributed by atoms with Crippen LogP contribution in [-0.2, 0) is 27.4 Å². The van der Waals surface area contributed by atoms with Gasteiger partial charge in [0.05, 0.1) is 25.9 Å². The van der Waals surface area contributed by atoms with E-state index in [0.717, 1.165) is 11.1 Å². The summed E-state index contributed by atoms with van der Waals surface area (Å²) in [6, 6.07) is 19.4. The fraction of sp³-hybridized carbons (Fsp3) is 0.370. The number of hydrogen-bond donors (Lipinski definition) is 0. The van der Waals surface area contributed by atoms with Gasteiger partial charge in [0.2, 0.25) is 0 Å². The van der Waals surface area contributed by atoms with E-state index in [-0.39, 0.29) is 6.61 Å². The van der Waals surface area contributed by atoms with Crippen molar-refractivity contribution in [2.24, 2.45) is 0 Å². The number of amides is 1. The van der Waals surface area contributed by atoms with E-state index in [4.69, 9.17) is 14.2 Å². The summed E-state index contributed by atoms with van der Waals surface area (Å²) in [7, 11) is 0. The van der Waals surface area contributed by atoms with E-state index >= 15 is 0 Å². The van der Waals surface area contributed by atoms with Crippen LogP contribution in [0, 0.1) is 0 Å². The van der Waals surface area contributed by atoms with Crippen molar-refractivity contribution in [3.8, 4) is 0 Å². The molecular formula is C27H35NO4. The van der Waals surface area contributed by atoms with Crippen molar-refractivity contribution in [2.75, 3.05) is 13.2 Å². The summed E-state index contributed by atoms with van der Waals surface area (Å²) >= 11 is 0. The highest BCUT2D eigenvalue weighted by Gasteiger charge is 2.32. The van der Waals surface area contributed by atoms with Crippen LogP contribution >= 0.6 is 0 Å². The monoisotopic (exact) mass is 437 g/mol. The zero-order chi connectivity index (χ0) is 23.4. The molecule has 172 valence electrons. The Bertz CT molecular complexity index is 830. The Morgan fingerprint density at radius 1 is 0.969 bits per heavy atom. The molecule has 0 unspecified atom stereocenters. The van der Waals surface area contributed by atoms with E-state index < -0.39 is 23.8 Å². The van der Waals surface area contributed by atoms with Gasteiger partial charge >= 0.3 is 6.09 Å². The molecule has 0 radical (unpaired) electrons. The molecule has 0 N–H and O–H groups in total. The number of hydrogen-bond acceptors (Lipinski definition) is 4. The molecule has 2 rings (SSSR count). The van der Waals surface area contributed by atoms with E-state index in [9.17, 15) is 4.79 Å². The summed E-state index contributed by atoms with van der Waals surface area (Å²) < 4.78 is 17.8. The van der Waals surface area contributed by atoms with Crippen molar-refractivity contribution >= 4 is 6.09 Å². The van der Waals surface area contributed by atoms with Gasteiger partial charge in [-0.05, 0) is 31.9 Å². The maximum absolute atomic E-state index is 12.9. The smallest absolute Gasteiger partial charge is 0.411 e. The van der Waals surface area contributed by atoms with Crippen LogP contribution in [-0.4, -0.2) is 41.9 Å². The Kier molecular flexibility index (Phi) is 10.2. The van der Waals surface area contributed by atoms with E-state index in [1.807, 2.05) is 81.4 Å². The summed E-state index contributed by atoms with van der Waals surface area (Å²) in [5.74, 6) is 0. The summed E-state index contributed by atoms with van der Waals surface area (Å²) in [5, 5.41) is 0. The van der Waals surface area contributed by atoms with Gasteiger partial charge in [0.1, 0.15) is 11.7 Å². The molecule has 0 saturated heterocycles. The highest BCUT2D eigenvalue weighted by atomic mass is 16.6. The second-order valence-electron chi connectivity index (χ2n) is 8.48. The van der Waals surface area contributed by atoms with Gasteiger partial charge in [0.15, 0.2) is 0 Å². The average molecular weight is 438 g/mol. The van der Waals surface area contributed by atoms with Gasteiger partial charge in [-0.15, -0.1) is 13.2 Å². The molecule has 0 heterocycles. The number of rotatable bonds is 12. The van der Waals surface area contributed by atoms with Gasteiger partial charge in [-0.3, -0.25) is 4.90 Å². The minimum absolute atomic E-state index is 0.287. The number of ether oxygens (including phenoxy) is 3. The first-order valence-corrected chi connectivity index (χ1v) is 10.8. The second kappa shape index (κ2) is 12.8. The highest BCUT2D eigenvalue weighted by Crippen LogP contribution is 2.18. The Morgan fingerprint density at radius 3 is 2.03 bits per heavy atom.